The van der Waals surface area contributed by atoms with E-state index in [-0.39, 0.29) is 29.6 Å². The molecule has 0 aromatic carbocycles. The predicted octanol–water partition coefficient (Wildman–Crippen LogP) is 6.60. The Bertz CT molecular complexity index is 4490. The Morgan fingerprint density at radius 1 is 0.407 bits per heavy atom. The third-order valence-corrected chi connectivity index (χ3v) is 25.4. The lowest BCUT2D eigenvalue weighted by Crippen LogP contribution is -2.51. The zero-order valence-electron chi connectivity index (χ0n) is 61.9. The minimum atomic E-state index is -0.191. The Labute approximate surface area is 628 Å². The number of likely N-dealkylation sites (tertiary alicyclic amines) is 1. The van der Waals surface area contributed by atoms with Gasteiger partial charge in [0.1, 0.15) is 17.5 Å². The predicted molar refractivity (Wildman–Crippen MR) is 412 cm³/mol. The van der Waals surface area contributed by atoms with Gasteiger partial charge in [0.2, 0.25) is 47.6 Å². The van der Waals surface area contributed by atoms with E-state index in [1.807, 2.05) is 6.07 Å². The van der Waals surface area contributed by atoms with Crippen molar-refractivity contribution in [1.82, 2.24) is 84.6 Å². The molecule has 31 heteroatoms. The van der Waals surface area contributed by atoms with Crippen molar-refractivity contribution in [2.75, 3.05) is 143 Å². The molecule has 18 aliphatic rings. The minimum absolute atomic E-state index is 0.189. The molecule has 0 amide bonds. The molecule has 10 bridgehead atoms. The van der Waals surface area contributed by atoms with Crippen LogP contribution in [0.3, 0.4) is 0 Å². The fraction of sp³-hybridized carbons (Fsp3) is 0.584. The number of aromatic nitrogens is 16. The number of nitrogens with zero attached hydrogens (tertiary/aromatic N) is 24. The van der Waals surface area contributed by atoms with Crippen LogP contribution in [0, 0.1) is 29.6 Å². The number of hydrogen-bond donors (Lipinski definition) is 5. The lowest BCUT2D eigenvalue weighted by Gasteiger charge is -2.41. The molecule has 22 heterocycles. The van der Waals surface area contributed by atoms with Gasteiger partial charge in [-0.15, -0.1) is 0 Å². The van der Waals surface area contributed by atoms with Gasteiger partial charge < -0.3 is 71.8 Å². The van der Waals surface area contributed by atoms with E-state index in [1.165, 1.54) is 51.4 Å². The zero-order chi connectivity index (χ0) is 73.1. The second-order valence-corrected chi connectivity index (χ2v) is 33.6. The van der Waals surface area contributed by atoms with Gasteiger partial charge in [-0.2, -0.15) is 15.0 Å². The van der Waals surface area contributed by atoms with Crippen molar-refractivity contribution in [3.63, 3.8) is 0 Å². The van der Waals surface area contributed by atoms with Crippen LogP contribution in [0.15, 0.2) is 73.8 Å². The van der Waals surface area contributed by atoms with E-state index in [9.17, 15) is 5.11 Å². The average Bonchev–Trinajstić information content (AvgIpc) is 1.69. The summed E-state index contributed by atoms with van der Waals surface area (Å²) >= 11 is 0. The summed E-state index contributed by atoms with van der Waals surface area (Å²) < 4.78 is 11.2. The number of aliphatic hydroxyl groups is 1. The molecule has 14 aliphatic heterocycles. The smallest absolute Gasteiger partial charge is 0.228 e. The van der Waals surface area contributed by atoms with Gasteiger partial charge in [0.05, 0.1) is 60.3 Å². The van der Waals surface area contributed by atoms with E-state index in [0.717, 1.165) is 233 Å². The molecule has 108 heavy (non-hydrogen) atoms. The molecule has 8 aromatic rings. The largest absolute Gasteiger partial charge is 0.393 e. The van der Waals surface area contributed by atoms with Gasteiger partial charge in [0.25, 0.3) is 0 Å². The Kier molecular flexibility index (Phi) is 17.9. The number of morpholine rings is 1. The number of piperidine rings is 2. The van der Waals surface area contributed by atoms with Gasteiger partial charge in [-0.05, 0) is 152 Å². The maximum Gasteiger partial charge on any atom is 0.228 e. The molecule has 0 spiro atoms. The normalized spacial score (nSPS) is 28.3. The van der Waals surface area contributed by atoms with E-state index >= 15 is 0 Å². The highest BCUT2D eigenvalue weighted by molar-refractivity contribution is 5.69. The number of hydrogen-bond acceptors (Lipinski definition) is 31. The summed E-state index contributed by atoms with van der Waals surface area (Å²) in [6.07, 6.45) is 30.1. The number of rotatable bonds is 13. The van der Waals surface area contributed by atoms with Crippen molar-refractivity contribution in [3.05, 3.63) is 79.5 Å². The van der Waals surface area contributed by atoms with Crippen LogP contribution in [0.2, 0.25) is 0 Å². The number of nitrogen functional groups attached to an aromatic ring is 4. The van der Waals surface area contributed by atoms with Crippen LogP contribution >= 0.6 is 0 Å². The second kappa shape index (κ2) is 28.1. The van der Waals surface area contributed by atoms with Gasteiger partial charge in [-0.3, -0.25) is 4.90 Å². The summed E-state index contributed by atoms with van der Waals surface area (Å²) in [7, 11) is 0. The van der Waals surface area contributed by atoms with Crippen molar-refractivity contribution < 1.29 is 14.6 Å². The zero-order valence-corrected chi connectivity index (χ0v) is 61.9. The lowest BCUT2D eigenvalue weighted by atomic mass is 9.86. The average molecular weight is 1460 g/mol. The fourth-order valence-corrected chi connectivity index (χ4v) is 19.1. The van der Waals surface area contributed by atoms with Crippen LogP contribution in [0.5, 0.6) is 0 Å². The Balaban J connectivity index is 0.0000000981. The molecule has 4 saturated carbocycles. The molecule has 26 rings (SSSR count). The summed E-state index contributed by atoms with van der Waals surface area (Å²) in [5, 5.41) is 10.2. The summed E-state index contributed by atoms with van der Waals surface area (Å²) in [5.41, 5.74) is 30.5. The van der Waals surface area contributed by atoms with E-state index < -0.39 is 0 Å². The van der Waals surface area contributed by atoms with Gasteiger partial charge in [-0.1, -0.05) is 6.92 Å². The maximum atomic E-state index is 10.2. The first-order chi connectivity index (χ1) is 52.5. The first-order valence-corrected chi connectivity index (χ1v) is 39.4. The molecule has 2 unspecified atom stereocenters. The highest BCUT2D eigenvalue weighted by Crippen LogP contribution is 2.49. The van der Waals surface area contributed by atoms with Gasteiger partial charge >= 0.3 is 0 Å². The van der Waals surface area contributed by atoms with Crippen molar-refractivity contribution in [2.45, 2.75) is 171 Å². The second-order valence-electron chi connectivity index (χ2n) is 33.6. The van der Waals surface area contributed by atoms with Crippen molar-refractivity contribution in [2.24, 2.45) is 29.6 Å². The molecular weight excluding hydrogens is 1370 g/mol. The number of fused-ring (bicyclic) bond motifs is 6. The van der Waals surface area contributed by atoms with Gasteiger partial charge in [0, 0.05) is 190 Å². The number of nitrogens with two attached hydrogens (primary N) is 4. The highest BCUT2D eigenvalue weighted by atomic mass is 16.5. The van der Waals surface area contributed by atoms with Crippen molar-refractivity contribution in [1.29, 1.82) is 0 Å². The quantitative estimate of drug-likeness (QED) is 0.0811. The van der Waals surface area contributed by atoms with Crippen molar-refractivity contribution in [3.8, 4) is 45.0 Å². The molecule has 4 aliphatic carbocycles. The molecule has 9 N–H and O–H groups in total. The molecule has 31 nitrogen and oxygen atoms in total. The first kappa shape index (κ1) is 68.8. The Hall–Kier alpha value is -9.72. The third kappa shape index (κ3) is 13.8. The molecule has 564 valence electrons. The third-order valence-electron chi connectivity index (χ3n) is 25.4. The Morgan fingerprint density at radius 2 is 0.806 bits per heavy atom. The van der Waals surface area contributed by atoms with E-state index in [2.05, 4.69) is 118 Å². The van der Waals surface area contributed by atoms with E-state index in [4.69, 9.17) is 72.3 Å². The number of anilines is 11. The topological polar surface area (TPSA) is 375 Å². The molecule has 14 saturated heterocycles. The van der Waals surface area contributed by atoms with Crippen LogP contribution in [-0.4, -0.2) is 229 Å². The van der Waals surface area contributed by atoms with Crippen LogP contribution in [-0.2, 0) is 9.47 Å². The van der Waals surface area contributed by atoms with Crippen LogP contribution < -0.4 is 57.2 Å². The monoisotopic (exact) mass is 1460 g/mol. The van der Waals surface area contributed by atoms with Crippen LogP contribution in [0.25, 0.3) is 45.0 Å². The van der Waals surface area contributed by atoms with Crippen LogP contribution in [0.4, 0.5) is 65.0 Å². The minimum Gasteiger partial charge on any atom is -0.393 e. The summed E-state index contributed by atoms with van der Waals surface area (Å²) in [5.74, 6) is 11.9. The van der Waals surface area contributed by atoms with Gasteiger partial charge in [0.15, 0.2) is 0 Å². The highest BCUT2D eigenvalue weighted by Gasteiger charge is 2.49. The summed E-state index contributed by atoms with van der Waals surface area (Å²) in [6.45, 7) is 19.2. The molecule has 18 fully saturated rings. The number of ether oxygens (including phenoxy) is 2. The summed E-state index contributed by atoms with van der Waals surface area (Å²) in [4.78, 5) is 91.6. The van der Waals surface area contributed by atoms with Gasteiger partial charge in [-0.25, -0.2) is 64.8 Å². The summed E-state index contributed by atoms with van der Waals surface area (Å²) in [6, 6.07) is 12.1. The van der Waals surface area contributed by atoms with Crippen LogP contribution in [0.1, 0.15) is 122 Å². The van der Waals surface area contributed by atoms with E-state index in [0.29, 0.717) is 66.7 Å². The number of aliphatic hydroxyl groups excluding tert-OH is 1. The standard InChI is InChI=1S/C20H25N7O.C20H27N7O.C19H25N7O.C18H21N7/c21-19-22-8-12(9-23-19)17-7-18(27-13-1-2-14(27)6-16(28)5-13)25-20(24-17)26-10-11-3-15(26)4-11;1-13-9-27(10-13)20-24-17(6-18(25-20)15-7-22-19(21)23-8-15)14-2-4-26(5-3-14)16-11-28-12-16;1-19(2)11-25(3-4-27-19)16-7-15(13-8-21-17(20)22-9-13)23-18(24-16)26-10-12-5-14(26)6-12;19-17-20-6-12(7-21-17)15-5-16(24-8-10-1-13(24)2-10)23-18(22-15)25-9-11-3-14(25)4-11/h7-9,11,13-16,28H,1-6,10H2,(H2,21,22,23);6-8,13-14,16H,2-5,9-12H2,1H3,(H2,21,22,23);7-9,12,14H,3-6,10-11H2,1-2H3,(H2,20,21,22);5-7,10-11,13-14H,1-4,8-9H2,(H2,19,20,21). The first-order valence-electron chi connectivity index (χ1n) is 39.4. The maximum absolute atomic E-state index is 10.2. The fourth-order valence-electron chi connectivity index (χ4n) is 19.1. The Morgan fingerprint density at radius 3 is 1.21 bits per heavy atom. The lowest BCUT2D eigenvalue weighted by molar-refractivity contribution is -0.0713. The van der Waals surface area contributed by atoms with Crippen molar-refractivity contribution >= 4 is 65.0 Å². The molecule has 2 atom stereocenters. The SMILES string of the molecule is CC1(C)CN(c2cc(-c3cnc(N)nc3)nc(N3CC4CC3C4)n2)CCO1.CC1CN(c2nc(-c3cnc(N)nc3)cc(C3CCN(C4COC4)CC3)n2)C1.Nc1ncc(-c2cc(N3C4CCC3CC(O)C4)nc(N3CC4CC3C4)n2)cn1.Nc1ncc(-c2cc(N3CC4CC3C4)nc(N3CC4CC3C4)n2)cn1. The molecule has 0 radical (unpaired) electrons. The molecule has 8 aromatic heterocycles. The van der Waals surface area contributed by atoms with E-state index in [1.54, 1.807) is 49.6 Å². The molecular formula is C77H98N28O3.